The van der Waals surface area contributed by atoms with Crippen molar-refractivity contribution in [3.63, 3.8) is 0 Å². The molecule has 0 bridgehead atoms. The summed E-state index contributed by atoms with van der Waals surface area (Å²) in [6, 6.07) is 12.0. The van der Waals surface area contributed by atoms with E-state index in [-0.39, 0.29) is 16.9 Å². The highest BCUT2D eigenvalue weighted by Gasteiger charge is 2.17. The standard InChI is InChI=1S/C15H11ClFNO2S/c16-15-4-2-1-3-12(15)9-21(19,20)10-13-7-14(17)6-5-11(13)8-18/h1-7H,9-10H2. The van der Waals surface area contributed by atoms with Crippen molar-refractivity contribution in [1.82, 2.24) is 0 Å². The zero-order valence-corrected chi connectivity index (χ0v) is 12.5. The lowest BCUT2D eigenvalue weighted by Crippen LogP contribution is -2.09. The minimum absolute atomic E-state index is 0.152. The number of rotatable bonds is 4. The van der Waals surface area contributed by atoms with Gasteiger partial charge in [-0.15, -0.1) is 0 Å². The third-order valence-electron chi connectivity index (χ3n) is 2.90. The van der Waals surface area contributed by atoms with Gasteiger partial charge in [-0.3, -0.25) is 0 Å². The number of hydrogen-bond acceptors (Lipinski definition) is 3. The first kappa shape index (κ1) is 15.5. The quantitative estimate of drug-likeness (QED) is 0.865. The second-order valence-electron chi connectivity index (χ2n) is 4.54. The van der Waals surface area contributed by atoms with E-state index in [0.29, 0.717) is 10.6 Å². The maximum Gasteiger partial charge on any atom is 0.158 e. The molecule has 0 atom stereocenters. The SMILES string of the molecule is N#Cc1ccc(F)cc1CS(=O)(=O)Cc1ccccc1Cl. The van der Waals surface area contributed by atoms with E-state index >= 15 is 0 Å². The van der Waals surface area contributed by atoms with Crippen LogP contribution in [0.3, 0.4) is 0 Å². The van der Waals surface area contributed by atoms with E-state index < -0.39 is 21.4 Å². The summed E-state index contributed by atoms with van der Waals surface area (Å²) in [4.78, 5) is 0. The number of halogens is 2. The van der Waals surface area contributed by atoms with Gasteiger partial charge in [0.2, 0.25) is 0 Å². The highest BCUT2D eigenvalue weighted by atomic mass is 35.5. The molecule has 0 radical (unpaired) electrons. The van der Waals surface area contributed by atoms with Gasteiger partial charge >= 0.3 is 0 Å². The number of sulfone groups is 1. The monoisotopic (exact) mass is 323 g/mol. The molecule has 0 aliphatic heterocycles. The lowest BCUT2D eigenvalue weighted by molar-refractivity contribution is 0.594. The third-order valence-corrected chi connectivity index (χ3v) is 4.77. The summed E-state index contributed by atoms with van der Waals surface area (Å²) in [5, 5.41) is 9.31. The molecule has 0 heterocycles. The van der Waals surface area contributed by atoms with Crippen LogP contribution in [0.25, 0.3) is 0 Å². The Morgan fingerprint density at radius 1 is 1.10 bits per heavy atom. The molecule has 0 amide bonds. The molecule has 0 saturated heterocycles. The summed E-state index contributed by atoms with van der Waals surface area (Å²) in [7, 11) is -3.56. The van der Waals surface area contributed by atoms with Crippen molar-refractivity contribution in [2.24, 2.45) is 0 Å². The molecule has 0 fully saturated rings. The van der Waals surface area contributed by atoms with Crippen LogP contribution in [-0.4, -0.2) is 8.42 Å². The number of benzene rings is 2. The molecule has 0 aliphatic carbocycles. The molecule has 6 heteroatoms. The zero-order valence-electron chi connectivity index (χ0n) is 10.9. The predicted octanol–water partition coefficient (Wildman–Crippen LogP) is 3.47. The summed E-state index contributed by atoms with van der Waals surface area (Å²) < 4.78 is 37.6. The van der Waals surface area contributed by atoms with Crippen molar-refractivity contribution in [1.29, 1.82) is 5.26 Å². The average molecular weight is 324 g/mol. The van der Waals surface area contributed by atoms with Crippen molar-refractivity contribution in [2.75, 3.05) is 0 Å². The highest BCUT2D eigenvalue weighted by molar-refractivity contribution is 7.89. The van der Waals surface area contributed by atoms with Crippen LogP contribution in [0.15, 0.2) is 42.5 Å². The van der Waals surface area contributed by atoms with Crippen LogP contribution in [0.4, 0.5) is 4.39 Å². The smallest absolute Gasteiger partial charge is 0.158 e. The van der Waals surface area contributed by atoms with E-state index in [9.17, 15) is 12.8 Å². The van der Waals surface area contributed by atoms with Gasteiger partial charge < -0.3 is 0 Å². The summed E-state index contributed by atoms with van der Waals surface area (Å²) in [5.74, 6) is -1.23. The second kappa shape index (κ2) is 6.25. The van der Waals surface area contributed by atoms with Gasteiger partial charge in [0.05, 0.1) is 23.1 Å². The predicted molar refractivity (Wildman–Crippen MR) is 78.9 cm³/mol. The van der Waals surface area contributed by atoms with Crippen LogP contribution in [-0.2, 0) is 21.3 Å². The molecule has 0 spiro atoms. The van der Waals surface area contributed by atoms with Crippen molar-refractivity contribution < 1.29 is 12.8 Å². The Morgan fingerprint density at radius 2 is 1.76 bits per heavy atom. The molecule has 2 aromatic carbocycles. The summed E-state index contributed by atoms with van der Waals surface area (Å²) >= 11 is 5.94. The van der Waals surface area contributed by atoms with E-state index in [1.807, 2.05) is 6.07 Å². The Hall–Kier alpha value is -1.90. The van der Waals surface area contributed by atoms with Gasteiger partial charge in [0.25, 0.3) is 0 Å². The van der Waals surface area contributed by atoms with Crippen molar-refractivity contribution in [3.05, 3.63) is 70.0 Å². The number of nitrogens with zero attached hydrogens (tertiary/aromatic N) is 1. The van der Waals surface area contributed by atoms with Crippen molar-refractivity contribution >= 4 is 21.4 Å². The maximum atomic E-state index is 13.2. The van der Waals surface area contributed by atoms with Gasteiger partial charge in [-0.25, -0.2) is 12.8 Å². The van der Waals surface area contributed by atoms with Gasteiger partial charge in [0.1, 0.15) is 5.82 Å². The maximum absolute atomic E-state index is 13.2. The molecule has 0 saturated carbocycles. The average Bonchev–Trinajstić information content (AvgIpc) is 2.41. The van der Waals surface area contributed by atoms with Gasteiger partial charge in [0.15, 0.2) is 9.84 Å². The van der Waals surface area contributed by atoms with E-state index in [2.05, 4.69) is 0 Å². The van der Waals surface area contributed by atoms with Crippen molar-refractivity contribution in [2.45, 2.75) is 11.5 Å². The van der Waals surface area contributed by atoms with Crippen molar-refractivity contribution in [3.8, 4) is 6.07 Å². The molecule has 2 rings (SSSR count). The second-order valence-corrected chi connectivity index (χ2v) is 7.01. The van der Waals surface area contributed by atoms with Crippen LogP contribution in [0.5, 0.6) is 0 Å². The van der Waals surface area contributed by atoms with E-state index in [1.54, 1.807) is 24.3 Å². The zero-order chi connectivity index (χ0) is 15.5. The summed E-state index contributed by atoms with van der Waals surface area (Å²) in [6.45, 7) is 0. The normalized spacial score (nSPS) is 11.1. The summed E-state index contributed by atoms with van der Waals surface area (Å²) in [5.41, 5.74) is 0.790. The minimum Gasteiger partial charge on any atom is -0.228 e. The van der Waals surface area contributed by atoms with Crippen LogP contribution in [0.1, 0.15) is 16.7 Å². The lowest BCUT2D eigenvalue weighted by atomic mass is 10.1. The van der Waals surface area contributed by atoms with Crippen LogP contribution >= 0.6 is 11.6 Å². The first-order chi connectivity index (χ1) is 9.91. The molecule has 2 aromatic rings. The van der Waals surface area contributed by atoms with Crippen LogP contribution in [0, 0.1) is 17.1 Å². The van der Waals surface area contributed by atoms with Gasteiger partial charge in [0, 0.05) is 5.02 Å². The first-order valence-electron chi connectivity index (χ1n) is 6.03. The molecule has 0 aliphatic rings. The van der Waals surface area contributed by atoms with Gasteiger partial charge in [-0.1, -0.05) is 29.8 Å². The molecule has 0 unspecified atom stereocenters. The van der Waals surface area contributed by atoms with E-state index in [4.69, 9.17) is 16.9 Å². The third kappa shape index (κ3) is 4.03. The molecule has 0 aromatic heterocycles. The topological polar surface area (TPSA) is 57.9 Å². The van der Waals surface area contributed by atoms with E-state index in [0.717, 1.165) is 12.1 Å². The Bertz CT molecular complexity index is 813. The highest BCUT2D eigenvalue weighted by Crippen LogP contribution is 2.21. The number of nitriles is 1. The Labute approximate surface area is 127 Å². The van der Waals surface area contributed by atoms with E-state index in [1.165, 1.54) is 6.07 Å². The summed E-state index contributed by atoms with van der Waals surface area (Å²) in [6.07, 6.45) is 0. The van der Waals surface area contributed by atoms with Crippen LogP contribution in [0.2, 0.25) is 5.02 Å². The minimum atomic E-state index is -3.56. The molecular weight excluding hydrogens is 313 g/mol. The fourth-order valence-corrected chi connectivity index (χ4v) is 3.75. The fourth-order valence-electron chi connectivity index (χ4n) is 1.93. The molecule has 108 valence electrons. The Morgan fingerprint density at radius 3 is 2.43 bits per heavy atom. The van der Waals surface area contributed by atoms with Gasteiger partial charge in [-0.2, -0.15) is 5.26 Å². The van der Waals surface area contributed by atoms with Crippen LogP contribution < -0.4 is 0 Å². The lowest BCUT2D eigenvalue weighted by Gasteiger charge is -2.08. The Kier molecular flexibility index (Phi) is 4.61. The molecule has 0 N–H and O–H groups in total. The Balaban J connectivity index is 2.29. The van der Waals surface area contributed by atoms with Gasteiger partial charge in [-0.05, 0) is 35.4 Å². The number of hydrogen-bond donors (Lipinski definition) is 0. The molecule has 21 heavy (non-hydrogen) atoms. The molecular formula is C15H11ClFNO2S. The fraction of sp³-hybridized carbons (Fsp3) is 0.133. The first-order valence-corrected chi connectivity index (χ1v) is 8.23. The molecule has 3 nitrogen and oxygen atoms in total. The largest absolute Gasteiger partial charge is 0.228 e.